The minimum atomic E-state index is -0.558. The number of imidazole rings is 1. The van der Waals surface area contributed by atoms with E-state index in [0.29, 0.717) is 35.8 Å². The van der Waals surface area contributed by atoms with Crippen LogP contribution in [-0.4, -0.2) is 51.0 Å². The zero-order chi connectivity index (χ0) is 16.3. The first kappa shape index (κ1) is 14.4. The van der Waals surface area contributed by atoms with Gasteiger partial charge in [0.15, 0.2) is 11.9 Å². The molecule has 0 aromatic carbocycles. The Morgan fingerprint density at radius 3 is 2.70 bits per heavy atom. The Morgan fingerprint density at radius 2 is 2.04 bits per heavy atom. The van der Waals surface area contributed by atoms with Gasteiger partial charge < -0.3 is 14.2 Å². The van der Waals surface area contributed by atoms with Gasteiger partial charge in [-0.1, -0.05) is 0 Å². The maximum absolute atomic E-state index is 12.7. The summed E-state index contributed by atoms with van der Waals surface area (Å²) < 4.78 is 6.95. The minimum absolute atomic E-state index is 0.170. The lowest BCUT2D eigenvalue weighted by molar-refractivity contribution is -0.146. The number of hydrogen-bond acceptors (Lipinski definition) is 6. The Labute approximate surface area is 136 Å². The molecule has 1 aromatic heterocycles. The number of rotatable bonds is 3. The van der Waals surface area contributed by atoms with Crippen LogP contribution >= 0.6 is 11.6 Å². The number of hydrogen-bond donors (Lipinski definition) is 0. The van der Waals surface area contributed by atoms with Crippen molar-refractivity contribution in [2.75, 3.05) is 19.0 Å². The van der Waals surface area contributed by atoms with E-state index >= 15 is 0 Å². The molecule has 0 N–H and O–H groups in total. The third kappa shape index (κ3) is 2.03. The number of ketones is 2. The van der Waals surface area contributed by atoms with Crippen molar-refractivity contribution in [3.8, 4) is 0 Å². The number of fused-ring (bicyclic) bond motifs is 3. The van der Waals surface area contributed by atoms with E-state index in [1.807, 2.05) is 4.90 Å². The summed E-state index contributed by atoms with van der Waals surface area (Å²) in [5.41, 5.74) is 1.40. The van der Waals surface area contributed by atoms with E-state index in [0.717, 1.165) is 13.1 Å². The number of carbonyl (C=O) groups excluding carboxylic acids is 3. The first-order chi connectivity index (χ1) is 11.0. The lowest BCUT2D eigenvalue weighted by Crippen LogP contribution is -2.26. The van der Waals surface area contributed by atoms with Crippen LogP contribution in [0.4, 0.5) is 0 Å². The van der Waals surface area contributed by atoms with Crippen LogP contribution in [0.3, 0.4) is 0 Å². The monoisotopic (exact) mass is 335 g/mol. The summed E-state index contributed by atoms with van der Waals surface area (Å²) in [4.78, 5) is 43.0. The van der Waals surface area contributed by atoms with Crippen LogP contribution < -0.4 is 0 Å². The predicted molar refractivity (Wildman–Crippen MR) is 79.3 cm³/mol. The molecule has 120 valence electrons. The standard InChI is InChI=1S/C15H14ClN3O4/c1-7-11(18-4-5-18)14(22)10-12(13(7)21)19-3-2-8(15(19)17-10)23-9(20)6-16/h8H,2-6H2,1H3. The van der Waals surface area contributed by atoms with Crippen LogP contribution in [0.1, 0.15) is 46.2 Å². The van der Waals surface area contributed by atoms with Gasteiger partial charge in [-0.3, -0.25) is 14.4 Å². The van der Waals surface area contributed by atoms with Crippen LogP contribution in [-0.2, 0) is 16.1 Å². The average Bonchev–Trinajstić information content (AvgIpc) is 3.17. The fraction of sp³-hybridized carbons (Fsp3) is 0.467. The lowest BCUT2D eigenvalue weighted by Gasteiger charge is -2.17. The normalized spacial score (nSPS) is 22.3. The molecule has 4 rings (SSSR count). The zero-order valence-corrected chi connectivity index (χ0v) is 13.2. The van der Waals surface area contributed by atoms with Crippen molar-refractivity contribution in [3.05, 3.63) is 28.5 Å². The number of aromatic nitrogens is 2. The van der Waals surface area contributed by atoms with Crippen molar-refractivity contribution in [2.24, 2.45) is 0 Å². The highest BCUT2D eigenvalue weighted by Crippen LogP contribution is 2.37. The Balaban J connectivity index is 1.76. The Hall–Kier alpha value is -2.15. The van der Waals surface area contributed by atoms with E-state index in [2.05, 4.69) is 4.98 Å². The van der Waals surface area contributed by atoms with Gasteiger partial charge in [-0.05, 0) is 6.92 Å². The van der Waals surface area contributed by atoms with Crippen LogP contribution in [0, 0.1) is 0 Å². The molecule has 0 radical (unpaired) electrons. The van der Waals surface area contributed by atoms with E-state index in [1.54, 1.807) is 11.5 Å². The van der Waals surface area contributed by atoms with Gasteiger partial charge in [-0.2, -0.15) is 0 Å². The second kappa shape index (κ2) is 4.92. The SMILES string of the molecule is CC1=C(N2CC2)C(=O)c2nc3n(c2C1=O)CCC3OC(=O)CCl. The first-order valence-electron chi connectivity index (χ1n) is 7.44. The largest absolute Gasteiger partial charge is 0.453 e. The van der Waals surface area contributed by atoms with E-state index in [4.69, 9.17) is 16.3 Å². The highest BCUT2D eigenvalue weighted by atomic mass is 35.5. The van der Waals surface area contributed by atoms with Crippen LogP contribution in [0.5, 0.6) is 0 Å². The highest BCUT2D eigenvalue weighted by molar-refractivity contribution is 6.26. The van der Waals surface area contributed by atoms with E-state index in [9.17, 15) is 14.4 Å². The summed E-state index contributed by atoms with van der Waals surface area (Å²) in [5.74, 6) is -0.726. The van der Waals surface area contributed by atoms with Crippen molar-refractivity contribution in [3.63, 3.8) is 0 Å². The fourth-order valence-corrected chi connectivity index (χ4v) is 3.29. The van der Waals surface area contributed by atoms with Crippen LogP contribution in [0.25, 0.3) is 0 Å². The molecule has 3 heterocycles. The highest BCUT2D eigenvalue weighted by Gasteiger charge is 2.43. The van der Waals surface area contributed by atoms with Crippen LogP contribution in [0.2, 0.25) is 0 Å². The molecule has 0 spiro atoms. The van der Waals surface area contributed by atoms with Crippen molar-refractivity contribution < 1.29 is 19.1 Å². The minimum Gasteiger partial charge on any atom is -0.453 e. The van der Waals surface area contributed by atoms with Gasteiger partial charge in [0.1, 0.15) is 17.3 Å². The molecule has 1 aliphatic carbocycles. The molecule has 8 heteroatoms. The third-order valence-corrected chi connectivity index (χ3v) is 4.61. The van der Waals surface area contributed by atoms with Crippen molar-refractivity contribution in [1.82, 2.24) is 14.5 Å². The topological polar surface area (TPSA) is 81.3 Å². The van der Waals surface area contributed by atoms with E-state index in [-0.39, 0.29) is 23.1 Å². The molecule has 2 aliphatic heterocycles. The molecular weight excluding hydrogens is 322 g/mol. The number of esters is 1. The second-order valence-corrected chi connectivity index (χ2v) is 6.11. The molecule has 3 aliphatic rings. The Bertz CT molecular complexity index is 791. The van der Waals surface area contributed by atoms with E-state index in [1.165, 1.54) is 0 Å². The number of nitrogens with zero attached hydrogens (tertiary/aromatic N) is 3. The Morgan fingerprint density at radius 1 is 1.30 bits per heavy atom. The molecule has 7 nitrogen and oxygen atoms in total. The zero-order valence-electron chi connectivity index (χ0n) is 12.5. The molecule has 1 atom stereocenters. The number of Topliss-reactive ketones (excluding diaryl/α,β-unsaturated/α-hetero) is 2. The fourth-order valence-electron chi connectivity index (χ4n) is 3.23. The van der Waals surface area contributed by atoms with Crippen LogP contribution in [0.15, 0.2) is 11.3 Å². The number of allylic oxidation sites excluding steroid dienone is 2. The summed E-state index contributed by atoms with van der Waals surface area (Å²) in [6.07, 6.45) is -0.0287. The van der Waals surface area contributed by atoms with Crippen molar-refractivity contribution >= 4 is 29.1 Å². The number of alkyl halides is 1. The van der Waals surface area contributed by atoms with Gasteiger partial charge in [0, 0.05) is 31.6 Å². The smallest absolute Gasteiger partial charge is 0.321 e. The van der Waals surface area contributed by atoms with Gasteiger partial charge in [0.25, 0.3) is 0 Å². The number of carbonyl (C=O) groups is 3. The van der Waals surface area contributed by atoms with Gasteiger partial charge in [0.2, 0.25) is 11.6 Å². The van der Waals surface area contributed by atoms with E-state index < -0.39 is 12.1 Å². The molecule has 23 heavy (non-hydrogen) atoms. The third-order valence-electron chi connectivity index (χ3n) is 4.39. The van der Waals surface area contributed by atoms with Gasteiger partial charge in [-0.15, -0.1) is 11.6 Å². The molecule has 0 bridgehead atoms. The second-order valence-electron chi connectivity index (χ2n) is 5.84. The molecule has 1 fully saturated rings. The molecular formula is C15H14ClN3O4. The molecule has 0 amide bonds. The lowest BCUT2D eigenvalue weighted by atomic mass is 9.95. The van der Waals surface area contributed by atoms with Crippen molar-refractivity contribution in [2.45, 2.75) is 26.0 Å². The number of ether oxygens (including phenoxy) is 1. The quantitative estimate of drug-likeness (QED) is 0.467. The average molecular weight is 336 g/mol. The maximum atomic E-state index is 12.7. The summed E-state index contributed by atoms with van der Waals surface area (Å²) in [5, 5.41) is 0. The molecule has 0 saturated carbocycles. The summed E-state index contributed by atoms with van der Waals surface area (Å²) in [6, 6.07) is 0. The molecule has 1 aromatic rings. The summed E-state index contributed by atoms with van der Waals surface area (Å²) in [7, 11) is 0. The number of halogens is 1. The first-order valence-corrected chi connectivity index (χ1v) is 7.97. The molecule has 1 saturated heterocycles. The molecule has 1 unspecified atom stereocenters. The van der Waals surface area contributed by atoms with Gasteiger partial charge >= 0.3 is 5.97 Å². The summed E-state index contributed by atoms with van der Waals surface area (Å²) in [6.45, 7) is 3.73. The maximum Gasteiger partial charge on any atom is 0.321 e. The van der Waals surface area contributed by atoms with Gasteiger partial charge in [0.05, 0.1) is 5.70 Å². The summed E-state index contributed by atoms with van der Waals surface area (Å²) >= 11 is 5.46. The predicted octanol–water partition coefficient (Wildman–Crippen LogP) is 1.08. The van der Waals surface area contributed by atoms with Crippen molar-refractivity contribution in [1.29, 1.82) is 0 Å². The Kier molecular flexibility index (Phi) is 3.09. The van der Waals surface area contributed by atoms with Gasteiger partial charge in [-0.25, -0.2) is 4.98 Å².